The summed E-state index contributed by atoms with van der Waals surface area (Å²) in [5, 5.41) is 6.02. The second kappa shape index (κ2) is 6.08. The predicted molar refractivity (Wildman–Crippen MR) is 88.6 cm³/mol. The average molecular weight is 288 g/mol. The standard InChI is InChI=1S/C18H28N2O/c1-6-14-10-15(18(14,4)5)11-19-17(21)20-16-12(2)8-7-9-13(16)3/h7-9,14-15H,6,10-11H2,1-5H3,(H2,19,20,21)/t14-,15-/m0/s1. The quantitative estimate of drug-likeness (QED) is 0.841. The molecule has 0 unspecified atom stereocenters. The van der Waals surface area contributed by atoms with Gasteiger partial charge in [0.05, 0.1) is 0 Å². The van der Waals surface area contributed by atoms with Crippen molar-refractivity contribution in [1.29, 1.82) is 0 Å². The first-order valence-electron chi connectivity index (χ1n) is 7.97. The van der Waals surface area contributed by atoms with Crippen LogP contribution in [-0.4, -0.2) is 12.6 Å². The highest BCUT2D eigenvalue weighted by Gasteiger charge is 2.46. The second-order valence-corrected chi connectivity index (χ2v) is 6.96. The number of hydrogen-bond acceptors (Lipinski definition) is 1. The Balaban J connectivity index is 1.87. The number of urea groups is 1. The topological polar surface area (TPSA) is 41.1 Å². The zero-order valence-corrected chi connectivity index (χ0v) is 13.9. The van der Waals surface area contributed by atoms with Gasteiger partial charge < -0.3 is 10.6 Å². The SMILES string of the molecule is CC[C@H]1C[C@@H](CNC(=O)Nc2c(C)cccc2C)C1(C)C. The fourth-order valence-corrected chi connectivity index (χ4v) is 3.55. The monoisotopic (exact) mass is 288 g/mol. The number of aryl methyl sites for hydroxylation is 2. The van der Waals surface area contributed by atoms with Crippen LogP contribution in [0, 0.1) is 31.1 Å². The first-order chi connectivity index (χ1) is 9.86. The molecule has 2 atom stereocenters. The molecule has 0 aliphatic heterocycles. The van der Waals surface area contributed by atoms with E-state index in [4.69, 9.17) is 0 Å². The van der Waals surface area contributed by atoms with Gasteiger partial charge in [-0.25, -0.2) is 4.79 Å². The summed E-state index contributed by atoms with van der Waals surface area (Å²) in [5.74, 6) is 1.39. The van der Waals surface area contributed by atoms with E-state index in [0.717, 1.165) is 29.3 Å². The lowest BCUT2D eigenvalue weighted by molar-refractivity contribution is -0.0193. The van der Waals surface area contributed by atoms with Gasteiger partial charge >= 0.3 is 6.03 Å². The maximum Gasteiger partial charge on any atom is 0.319 e. The van der Waals surface area contributed by atoms with Crippen molar-refractivity contribution in [3.05, 3.63) is 29.3 Å². The van der Waals surface area contributed by atoms with Crippen LogP contribution in [0.1, 0.15) is 44.7 Å². The van der Waals surface area contributed by atoms with Crippen molar-refractivity contribution in [2.24, 2.45) is 17.3 Å². The Morgan fingerprint density at radius 3 is 2.38 bits per heavy atom. The highest BCUT2D eigenvalue weighted by molar-refractivity contribution is 5.90. The third-order valence-electron chi connectivity index (χ3n) is 5.39. The zero-order valence-electron chi connectivity index (χ0n) is 13.9. The smallest absolute Gasteiger partial charge is 0.319 e. The van der Waals surface area contributed by atoms with Gasteiger partial charge in [-0.15, -0.1) is 0 Å². The number of benzene rings is 1. The van der Waals surface area contributed by atoms with E-state index in [1.54, 1.807) is 0 Å². The molecule has 116 valence electrons. The van der Waals surface area contributed by atoms with Crippen LogP contribution in [0.2, 0.25) is 0 Å². The molecule has 0 radical (unpaired) electrons. The van der Waals surface area contributed by atoms with Gasteiger partial charge in [-0.3, -0.25) is 0 Å². The lowest BCUT2D eigenvalue weighted by Crippen LogP contribution is -2.50. The minimum Gasteiger partial charge on any atom is -0.338 e. The molecule has 0 saturated heterocycles. The van der Waals surface area contributed by atoms with Gasteiger partial charge in [-0.05, 0) is 48.6 Å². The molecule has 21 heavy (non-hydrogen) atoms. The molecule has 1 aromatic rings. The third kappa shape index (κ3) is 3.22. The Morgan fingerprint density at radius 1 is 1.24 bits per heavy atom. The van der Waals surface area contributed by atoms with Crippen LogP contribution in [-0.2, 0) is 0 Å². The maximum absolute atomic E-state index is 12.1. The van der Waals surface area contributed by atoms with Crippen molar-refractivity contribution in [1.82, 2.24) is 5.32 Å². The highest BCUT2D eigenvalue weighted by Crippen LogP contribution is 2.52. The molecule has 1 aliphatic rings. The number of amides is 2. The summed E-state index contributed by atoms with van der Waals surface area (Å²) in [6, 6.07) is 5.95. The largest absolute Gasteiger partial charge is 0.338 e. The second-order valence-electron chi connectivity index (χ2n) is 6.96. The number of rotatable bonds is 4. The molecule has 0 aromatic heterocycles. The van der Waals surface area contributed by atoms with E-state index in [-0.39, 0.29) is 6.03 Å². The highest BCUT2D eigenvalue weighted by atomic mass is 16.2. The van der Waals surface area contributed by atoms with E-state index >= 15 is 0 Å². The summed E-state index contributed by atoms with van der Waals surface area (Å²) in [7, 11) is 0. The van der Waals surface area contributed by atoms with Crippen molar-refractivity contribution >= 4 is 11.7 Å². The van der Waals surface area contributed by atoms with Crippen LogP contribution < -0.4 is 10.6 Å². The van der Waals surface area contributed by atoms with E-state index in [9.17, 15) is 4.79 Å². The van der Waals surface area contributed by atoms with Gasteiger partial charge in [-0.2, -0.15) is 0 Å². The first kappa shape index (κ1) is 15.9. The number of para-hydroxylation sites is 1. The lowest BCUT2D eigenvalue weighted by atomic mass is 9.54. The average Bonchev–Trinajstić information content (AvgIpc) is 2.42. The summed E-state index contributed by atoms with van der Waals surface area (Å²) in [6.07, 6.45) is 2.46. The molecule has 1 saturated carbocycles. The van der Waals surface area contributed by atoms with Crippen LogP contribution in [0.3, 0.4) is 0 Å². The third-order valence-corrected chi connectivity index (χ3v) is 5.39. The van der Waals surface area contributed by atoms with Crippen LogP contribution >= 0.6 is 0 Å². The molecular weight excluding hydrogens is 260 g/mol. The van der Waals surface area contributed by atoms with Crippen molar-refractivity contribution < 1.29 is 4.79 Å². The molecule has 1 fully saturated rings. The zero-order chi connectivity index (χ0) is 15.6. The van der Waals surface area contributed by atoms with Gasteiger partial charge in [0.25, 0.3) is 0 Å². The first-order valence-corrected chi connectivity index (χ1v) is 7.97. The van der Waals surface area contributed by atoms with Crippen molar-refractivity contribution in [3.63, 3.8) is 0 Å². The van der Waals surface area contributed by atoms with Crippen LogP contribution in [0.25, 0.3) is 0 Å². The Labute approximate surface area is 128 Å². The minimum atomic E-state index is -0.0943. The summed E-state index contributed by atoms with van der Waals surface area (Å²) in [4.78, 5) is 12.1. The molecule has 2 N–H and O–H groups in total. The Bertz CT molecular complexity index is 502. The van der Waals surface area contributed by atoms with Crippen molar-refractivity contribution in [2.75, 3.05) is 11.9 Å². The molecule has 2 amide bonds. The Kier molecular flexibility index (Phi) is 4.60. The Morgan fingerprint density at radius 2 is 1.86 bits per heavy atom. The van der Waals surface area contributed by atoms with Crippen LogP contribution in [0.4, 0.5) is 10.5 Å². The van der Waals surface area contributed by atoms with Gasteiger partial charge in [0, 0.05) is 12.2 Å². The molecule has 0 spiro atoms. The number of hydrogen-bond donors (Lipinski definition) is 2. The van der Waals surface area contributed by atoms with Crippen molar-refractivity contribution in [2.45, 2.75) is 47.5 Å². The fraction of sp³-hybridized carbons (Fsp3) is 0.611. The molecule has 1 aliphatic carbocycles. The van der Waals surface area contributed by atoms with Crippen LogP contribution in [0.5, 0.6) is 0 Å². The lowest BCUT2D eigenvalue weighted by Gasteiger charge is -2.52. The van der Waals surface area contributed by atoms with Crippen LogP contribution in [0.15, 0.2) is 18.2 Å². The van der Waals surface area contributed by atoms with Gasteiger partial charge in [0.1, 0.15) is 0 Å². The summed E-state index contributed by atoms with van der Waals surface area (Å²) in [6.45, 7) is 11.7. The molecule has 3 heteroatoms. The summed E-state index contributed by atoms with van der Waals surface area (Å²) >= 11 is 0. The van der Waals surface area contributed by atoms with E-state index < -0.39 is 0 Å². The molecule has 0 bridgehead atoms. The number of carbonyl (C=O) groups is 1. The molecular formula is C18H28N2O. The van der Waals surface area contributed by atoms with Crippen molar-refractivity contribution in [3.8, 4) is 0 Å². The van der Waals surface area contributed by atoms with Gasteiger partial charge in [0.15, 0.2) is 0 Å². The fourth-order valence-electron chi connectivity index (χ4n) is 3.55. The molecule has 0 heterocycles. The number of carbonyl (C=O) groups excluding carboxylic acids is 1. The number of anilines is 1. The Hall–Kier alpha value is -1.51. The van der Waals surface area contributed by atoms with E-state index in [1.165, 1.54) is 12.8 Å². The van der Waals surface area contributed by atoms with E-state index in [2.05, 4.69) is 31.4 Å². The molecule has 2 rings (SSSR count). The number of nitrogens with one attached hydrogen (secondary N) is 2. The molecule has 1 aromatic carbocycles. The predicted octanol–water partition coefficient (Wildman–Crippen LogP) is 4.50. The van der Waals surface area contributed by atoms with E-state index in [0.29, 0.717) is 11.3 Å². The minimum absolute atomic E-state index is 0.0943. The normalized spacial score (nSPS) is 23.3. The maximum atomic E-state index is 12.1. The summed E-state index contributed by atoms with van der Waals surface area (Å²) in [5.41, 5.74) is 3.47. The van der Waals surface area contributed by atoms with E-state index in [1.807, 2.05) is 32.0 Å². The summed E-state index contributed by atoms with van der Waals surface area (Å²) < 4.78 is 0. The van der Waals surface area contributed by atoms with Gasteiger partial charge in [0.2, 0.25) is 0 Å². The molecule has 3 nitrogen and oxygen atoms in total. The van der Waals surface area contributed by atoms with Gasteiger partial charge in [-0.1, -0.05) is 45.4 Å².